The molecule has 1 amide bonds. The van der Waals surface area contributed by atoms with E-state index in [1.807, 2.05) is 6.92 Å². The number of amides is 1. The van der Waals surface area contributed by atoms with Crippen LogP contribution in [0.25, 0.3) is 0 Å². The summed E-state index contributed by atoms with van der Waals surface area (Å²) in [4.78, 5) is 15.5. The predicted molar refractivity (Wildman–Crippen MR) is 56.6 cm³/mol. The molecule has 1 rings (SSSR count). The second kappa shape index (κ2) is 5.66. The number of nitrogens with one attached hydrogen (secondary N) is 1. The highest BCUT2D eigenvalue weighted by molar-refractivity contribution is 5.96. The quantitative estimate of drug-likeness (QED) is 0.739. The van der Waals surface area contributed by atoms with Crippen molar-refractivity contribution in [3.05, 3.63) is 23.9 Å². The molecule has 0 radical (unpaired) electrons. The number of hydrogen-bond acceptors (Lipinski definition) is 3. The molecule has 0 aliphatic rings. The SMILES string of the molecule is C#CCNC(=O)c1cccnc1OCC. The molecule has 0 saturated heterocycles. The standard InChI is InChI=1S/C11H12N2O2/c1-3-7-12-10(14)9-6-5-8-13-11(9)15-4-2/h1,5-6,8H,4,7H2,2H3,(H,12,14). The van der Waals surface area contributed by atoms with E-state index in [9.17, 15) is 4.79 Å². The second-order valence-electron chi connectivity index (χ2n) is 2.68. The van der Waals surface area contributed by atoms with E-state index >= 15 is 0 Å². The second-order valence-corrected chi connectivity index (χ2v) is 2.68. The molecular formula is C11H12N2O2. The molecule has 4 heteroatoms. The molecule has 0 aliphatic heterocycles. The van der Waals surface area contributed by atoms with Crippen molar-refractivity contribution < 1.29 is 9.53 Å². The van der Waals surface area contributed by atoms with Gasteiger partial charge in [-0.1, -0.05) is 5.92 Å². The average molecular weight is 204 g/mol. The Morgan fingerprint density at radius 1 is 1.73 bits per heavy atom. The van der Waals surface area contributed by atoms with Gasteiger partial charge in [0.05, 0.1) is 13.2 Å². The summed E-state index contributed by atoms with van der Waals surface area (Å²) in [6, 6.07) is 3.32. The van der Waals surface area contributed by atoms with Crippen LogP contribution in [-0.4, -0.2) is 24.0 Å². The summed E-state index contributed by atoms with van der Waals surface area (Å²) in [5.74, 6) is 2.38. The fourth-order valence-electron chi connectivity index (χ4n) is 1.04. The third kappa shape index (κ3) is 2.99. The summed E-state index contributed by atoms with van der Waals surface area (Å²) in [6.45, 7) is 2.49. The Kier molecular flexibility index (Phi) is 4.17. The van der Waals surface area contributed by atoms with Crippen LogP contribution in [0.2, 0.25) is 0 Å². The molecule has 0 atom stereocenters. The monoisotopic (exact) mass is 204 g/mol. The first kappa shape index (κ1) is 11.1. The molecule has 0 spiro atoms. The van der Waals surface area contributed by atoms with Gasteiger partial charge in [-0.15, -0.1) is 6.42 Å². The summed E-state index contributed by atoms with van der Waals surface area (Å²) < 4.78 is 5.21. The zero-order chi connectivity index (χ0) is 11.1. The van der Waals surface area contributed by atoms with Crippen molar-refractivity contribution >= 4 is 5.91 Å². The third-order valence-electron chi connectivity index (χ3n) is 1.65. The number of aromatic nitrogens is 1. The van der Waals surface area contributed by atoms with Gasteiger partial charge in [-0.2, -0.15) is 0 Å². The van der Waals surface area contributed by atoms with Crippen molar-refractivity contribution in [2.45, 2.75) is 6.92 Å². The summed E-state index contributed by atoms with van der Waals surface area (Å²) >= 11 is 0. The first-order valence-electron chi connectivity index (χ1n) is 4.59. The normalized spacial score (nSPS) is 9.07. The lowest BCUT2D eigenvalue weighted by Crippen LogP contribution is -2.24. The number of hydrogen-bond donors (Lipinski definition) is 1. The number of rotatable bonds is 4. The number of carbonyl (C=O) groups excluding carboxylic acids is 1. The Labute approximate surface area is 88.7 Å². The van der Waals surface area contributed by atoms with Gasteiger partial charge in [0.2, 0.25) is 5.88 Å². The maximum atomic E-state index is 11.6. The molecule has 0 saturated carbocycles. The number of nitrogens with zero attached hydrogens (tertiary/aromatic N) is 1. The maximum absolute atomic E-state index is 11.6. The van der Waals surface area contributed by atoms with E-state index in [1.165, 1.54) is 0 Å². The van der Waals surface area contributed by atoms with Gasteiger partial charge in [0, 0.05) is 6.20 Å². The van der Waals surface area contributed by atoms with Crippen molar-refractivity contribution in [1.82, 2.24) is 10.3 Å². The molecule has 0 bridgehead atoms. The van der Waals surface area contributed by atoms with Crippen LogP contribution in [0.15, 0.2) is 18.3 Å². The van der Waals surface area contributed by atoms with Crippen molar-refractivity contribution in [3.8, 4) is 18.2 Å². The van der Waals surface area contributed by atoms with E-state index < -0.39 is 0 Å². The molecule has 1 aromatic rings. The van der Waals surface area contributed by atoms with E-state index in [0.29, 0.717) is 18.1 Å². The lowest BCUT2D eigenvalue weighted by molar-refractivity contribution is 0.0954. The van der Waals surface area contributed by atoms with Crippen LogP contribution in [0.3, 0.4) is 0 Å². The van der Waals surface area contributed by atoms with Crippen LogP contribution in [0.5, 0.6) is 5.88 Å². The van der Waals surface area contributed by atoms with Crippen LogP contribution in [0, 0.1) is 12.3 Å². The molecule has 15 heavy (non-hydrogen) atoms. The van der Waals surface area contributed by atoms with Gasteiger partial charge in [0.15, 0.2) is 0 Å². The molecule has 0 aliphatic carbocycles. The van der Waals surface area contributed by atoms with E-state index in [-0.39, 0.29) is 12.5 Å². The molecule has 0 fully saturated rings. The molecular weight excluding hydrogens is 192 g/mol. The largest absolute Gasteiger partial charge is 0.477 e. The van der Waals surface area contributed by atoms with Crippen molar-refractivity contribution in [2.75, 3.05) is 13.2 Å². The van der Waals surface area contributed by atoms with Gasteiger partial charge in [0.25, 0.3) is 5.91 Å². The first-order chi connectivity index (χ1) is 7.29. The molecule has 0 unspecified atom stereocenters. The minimum absolute atomic E-state index is 0.194. The summed E-state index contributed by atoms with van der Waals surface area (Å²) in [6.07, 6.45) is 6.61. The highest BCUT2D eigenvalue weighted by atomic mass is 16.5. The summed E-state index contributed by atoms with van der Waals surface area (Å²) in [5, 5.41) is 2.55. The Morgan fingerprint density at radius 3 is 3.20 bits per heavy atom. The van der Waals surface area contributed by atoms with Crippen LogP contribution < -0.4 is 10.1 Å². The number of terminal acetylenes is 1. The van der Waals surface area contributed by atoms with E-state index in [2.05, 4.69) is 16.2 Å². The van der Waals surface area contributed by atoms with Crippen LogP contribution >= 0.6 is 0 Å². The topological polar surface area (TPSA) is 51.2 Å². The van der Waals surface area contributed by atoms with Gasteiger partial charge in [-0.25, -0.2) is 4.98 Å². The summed E-state index contributed by atoms with van der Waals surface area (Å²) in [5.41, 5.74) is 0.398. The molecule has 1 N–H and O–H groups in total. The van der Waals surface area contributed by atoms with Gasteiger partial charge in [-0.3, -0.25) is 4.79 Å². The molecule has 78 valence electrons. The Balaban J connectivity index is 2.83. The Bertz CT molecular complexity index is 382. The van der Waals surface area contributed by atoms with E-state index in [4.69, 9.17) is 11.2 Å². The van der Waals surface area contributed by atoms with Crippen LogP contribution in [0.4, 0.5) is 0 Å². The lowest BCUT2D eigenvalue weighted by atomic mass is 10.2. The maximum Gasteiger partial charge on any atom is 0.257 e. The fraction of sp³-hybridized carbons (Fsp3) is 0.273. The minimum atomic E-state index is -0.274. The van der Waals surface area contributed by atoms with E-state index in [1.54, 1.807) is 18.3 Å². The van der Waals surface area contributed by atoms with Crippen molar-refractivity contribution in [3.63, 3.8) is 0 Å². The Hall–Kier alpha value is -2.02. The summed E-state index contributed by atoms with van der Waals surface area (Å²) in [7, 11) is 0. The third-order valence-corrected chi connectivity index (χ3v) is 1.65. The van der Waals surface area contributed by atoms with Gasteiger partial charge in [0.1, 0.15) is 5.56 Å². The molecule has 1 aromatic heterocycles. The zero-order valence-corrected chi connectivity index (χ0v) is 8.49. The van der Waals surface area contributed by atoms with Gasteiger partial charge < -0.3 is 10.1 Å². The van der Waals surface area contributed by atoms with Crippen LogP contribution in [0.1, 0.15) is 17.3 Å². The van der Waals surface area contributed by atoms with Crippen LogP contribution in [-0.2, 0) is 0 Å². The highest BCUT2D eigenvalue weighted by Gasteiger charge is 2.11. The lowest BCUT2D eigenvalue weighted by Gasteiger charge is -2.07. The predicted octanol–water partition coefficient (Wildman–Crippen LogP) is 0.843. The number of ether oxygens (including phenoxy) is 1. The molecule has 0 aromatic carbocycles. The fourth-order valence-corrected chi connectivity index (χ4v) is 1.04. The Morgan fingerprint density at radius 2 is 2.53 bits per heavy atom. The number of pyridine rings is 1. The van der Waals surface area contributed by atoms with Crippen molar-refractivity contribution in [2.24, 2.45) is 0 Å². The molecule has 1 heterocycles. The zero-order valence-electron chi connectivity index (χ0n) is 8.49. The first-order valence-corrected chi connectivity index (χ1v) is 4.59. The number of carbonyl (C=O) groups is 1. The highest BCUT2D eigenvalue weighted by Crippen LogP contribution is 2.13. The smallest absolute Gasteiger partial charge is 0.257 e. The average Bonchev–Trinajstić information content (AvgIpc) is 2.27. The van der Waals surface area contributed by atoms with Crippen molar-refractivity contribution in [1.29, 1.82) is 0 Å². The van der Waals surface area contributed by atoms with E-state index in [0.717, 1.165) is 0 Å². The minimum Gasteiger partial charge on any atom is -0.477 e. The van der Waals surface area contributed by atoms with Gasteiger partial charge in [-0.05, 0) is 19.1 Å². The molecule has 4 nitrogen and oxygen atoms in total. The van der Waals surface area contributed by atoms with Gasteiger partial charge >= 0.3 is 0 Å².